The topological polar surface area (TPSA) is 92.9 Å². The van der Waals surface area contributed by atoms with E-state index in [1.165, 1.54) is 13.0 Å². The Labute approximate surface area is 167 Å². The molecule has 2 amide bonds. The third kappa shape index (κ3) is 4.90. The first-order valence-electron chi connectivity index (χ1n) is 9.21. The molecule has 152 valence electrons. The van der Waals surface area contributed by atoms with Gasteiger partial charge in [-0.3, -0.25) is 14.4 Å². The summed E-state index contributed by atoms with van der Waals surface area (Å²) in [6.45, 7) is 3.05. The number of hydrogen-bond acceptors (Lipinski definition) is 5. The maximum absolute atomic E-state index is 14.4. The van der Waals surface area contributed by atoms with Gasteiger partial charge in [0.15, 0.2) is 12.4 Å². The number of amides is 2. The fourth-order valence-electron chi connectivity index (χ4n) is 3.16. The summed E-state index contributed by atoms with van der Waals surface area (Å²) in [7, 11) is 0. The van der Waals surface area contributed by atoms with E-state index in [4.69, 9.17) is 10.5 Å². The number of ether oxygens (including phenoxy) is 1. The highest BCUT2D eigenvalue weighted by molar-refractivity contribution is 5.95. The number of halogens is 1. The zero-order valence-corrected chi connectivity index (χ0v) is 16.1. The van der Waals surface area contributed by atoms with Crippen molar-refractivity contribution in [3.05, 3.63) is 59.4 Å². The van der Waals surface area contributed by atoms with Crippen LogP contribution in [0.5, 0.6) is 5.75 Å². The highest BCUT2D eigenvalue weighted by Crippen LogP contribution is 2.23. The first-order valence-corrected chi connectivity index (χ1v) is 9.21. The molecule has 2 aromatic carbocycles. The number of hydrogen-bond donors (Lipinski definition) is 1. The van der Waals surface area contributed by atoms with Gasteiger partial charge in [0.05, 0.1) is 5.69 Å². The molecule has 29 heavy (non-hydrogen) atoms. The van der Waals surface area contributed by atoms with E-state index in [2.05, 4.69) is 0 Å². The Morgan fingerprint density at radius 1 is 1.00 bits per heavy atom. The van der Waals surface area contributed by atoms with Crippen LogP contribution < -0.4 is 15.4 Å². The molecule has 1 aliphatic rings. The number of anilines is 1. The first kappa shape index (κ1) is 20.3. The van der Waals surface area contributed by atoms with E-state index in [-0.39, 0.29) is 18.3 Å². The molecule has 1 aliphatic heterocycles. The van der Waals surface area contributed by atoms with Crippen molar-refractivity contribution in [1.29, 1.82) is 0 Å². The van der Waals surface area contributed by atoms with Gasteiger partial charge in [-0.15, -0.1) is 0 Å². The highest BCUT2D eigenvalue weighted by atomic mass is 19.1. The van der Waals surface area contributed by atoms with Gasteiger partial charge in [-0.05, 0) is 49.4 Å². The Balaban J connectivity index is 1.59. The number of nitrogens with two attached hydrogens (primary N) is 1. The molecule has 0 spiro atoms. The maximum Gasteiger partial charge on any atom is 0.255 e. The van der Waals surface area contributed by atoms with E-state index in [1.54, 1.807) is 41.3 Å². The number of nitrogens with zero attached hydrogens (tertiary/aromatic N) is 2. The molecule has 0 atom stereocenters. The molecule has 2 aromatic rings. The zero-order valence-electron chi connectivity index (χ0n) is 16.1. The van der Waals surface area contributed by atoms with Crippen LogP contribution in [0, 0.1) is 5.82 Å². The molecule has 3 rings (SSSR count). The fourth-order valence-corrected chi connectivity index (χ4v) is 3.16. The van der Waals surface area contributed by atoms with Crippen LogP contribution in [0.1, 0.15) is 27.6 Å². The summed E-state index contributed by atoms with van der Waals surface area (Å²) in [5.74, 6) is -0.871. The van der Waals surface area contributed by atoms with Gasteiger partial charge in [0.1, 0.15) is 11.6 Å². The van der Waals surface area contributed by atoms with Gasteiger partial charge < -0.3 is 20.3 Å². The molecule has 1 heterocycles. The summed E-state index contributed by atoms with van der Waals surface area (Å²) in [5.41, 5.74) is 6.30. The van der Waals surface area contributed by atoms with Crippen LogP contribution >= 0.6 is 0 Å². The molecular weight excluding hydrogens is 377 g/mol. The third-order valence-corrected chi connectivity index (χ3v) is 4.74. The van der Waals surface area contributed by atoms with E-state index < -0.39 is 11.7 Å². The number of rotatable bonds is 6. The van der Waals surface area contributed by atoms with Gasteiger partial charge in [0, 0.05) is 37.3 Å². The number of benzene rings is 2. The third-order valence-electron chi connectivity index (χ3n) is 4.74. The normalized spacial score (nSPS) is 13.9. The van der Waals surface area contributed by atoms with Crippen molar-refractivity contribution in [2.75, 3.05) is 37.7 Å². The number of piperazine rings is 1. The highest BCUT2D eigenvalue weighted by Gasteiger charge is 2.24. The standard InChI is InChI=1S/C21H22FN3O4/c1-14(26)16-4-7-19(18(22)12-16)24-8-10-25(11-9-24)21(28)15-2-5-17(6-3-15)29-13-20(23)27/h2-7,12H,8-11,13H2,1H3,(H2,23,27). The minimum atomic E-state index is -0.574. The van der Waals surface area contributed by atoms with E-state index >= 15 is 0 Å². The van der Waals surface area contributed by atoms with Crippen LogP contribution in [-0.4, -0.2) is 55.3 Å². The molecule has 0 saturated carbocycles. The van der Waals surface area contributed by atoms with Crippen molar-refractivity contribution in [3.8, 4) is 5.75 Å². The number of primary amides is 1. The Kier molecular flexibility index (Phi) is 6.11. The second-order valence-corrected chi connectivity index (χ2v) is 6.78. The van der Waals surface area contributed by atoms with Gasteiger partial charge in [0.25, 0.3) is 11.8 Å². The van der Waals surface area contributed by atoms with Crippen molar-refractivity contribution in [1.82, 2.24) is 4.90 Å². The molecule has 0 bridgehead atoms. The van der Waals surface area contributed by atoms with Crippen LogP contribution in [-0.2, 0) is 4.79 Å². The molecule has 1 saturated heterocycles. The van der Waals surface area contributed by atoms with Crippen molar-refractivity contribution in [3.63, 3.8) is 0 Å². The Hall–Kier alpha value is -3.42. The number of Topliss-reactive ketones (excluding diaryl/α,β-unsaturated/α-hetero) is 1. The van der Waals surface area contributed by atoms with Gasteiger partial charge >= 0.3 is 0 Å². The summed E-state index contributed by atoms with van der Waals surface area (Å²) < 4.78 is 19.5. The van der Waals surface area contributed by atoms with E-state index in [9.17, 15) is 18.8 Å². The minimum Gasteiger partial charge on any atom is -0.484 e. The summed E-state index contributed by atoms with van der Waals surface area (Å²) in [6, 6.07) is 10.9. The lowest BCUT2D eigenvalue weighted by Crippen LogP contribution is -2.49. The van der Waals surface area contributed by atoms with Gasteiger partial charge in [0.2, 0.25) is 0 Å². The van der Waals surface area contributed by atoms with Crippen molar-refractivity contribution in [2.24, 2.45) is 5.73 Å². The molecular formula is C21H22FN3O4. The van der Waals surface area contributed by atoms with Gasteiger partial charge in [-0.2, -0.15) is 0 Å². The molecule has 1 fully saturated rings. The average molecular weight is 399 g/mol. The summed E-state index contributed by atoms with van der Waals surface area (Å²) in [4.78, 5) is 38.4. The largest absolute Gasteiger partial charge is 0.484 e. The lowest BCUT2D eigenvalue weighted by Gasteiger charge is -2.36. The van der Waals surface area contributed by atoms with E-state index in [0.29, 0.717) is 48.7 Å². The Bertz CT molecular complexity index is 922. The fraction of sp³-hybridized carbons (Fsp3) is 0.286. The summed E-state index contributed by atoms with van der Waals surface area (Å²) in [6.07, 6.45) is 0. The lowest BCUT2D eigenvalue weighted by molar-refractivity contribution is -0.119. The van der Waals surface area contributed by atoms with Crippen LogP contribution in [0.2, 0.25) is 0 Å². The average Bonchev–Trinajstić information content (AvgIpc) is 2.72. The molecule has 2 N–H and O–H groups in total. The van der Waals surface area contributed by atoms with E-state index in [0.717, 1.165) is 0 Å². The molecule has 8 heteroatoms. The van der Waals surface area contributed by atoms with E-state index in [1.807, 2.05) is 4.90 Å². The van der Waals surface area contributed by atoms with Crippen LogP contribution in [0.3, 0.4) is 0 Å². The van der Waals surface area contributed by atoms with Crippen LogP contribution in [0.4, 0.5) is 10.1 Å². The number of carbonyl (C=O) groups is 3. The monoisotopic (exact) mass is 399 g/mol. The minimum absolute atomic E-state index is 0.126. The SMILES string of the molecule is CC(=O)c1ccc(N2CCN(C(=O)c3ccc(OCC(N)=O)cc3)CC2)c(F)c1. The predicted molar refractivity (Wildman–Crippen MR) is 106 cm³/mol. The smallest absolute Gasteiger partial charge is 0.255 e. The quantitative estimate of drug-likeness (QED) is 0.749. The Morgan fingerprint density at radius 2 is 1.62 bits per heavy atom. The molecule has 0 aliphatic carbocycles. The van der Waals surface area contributed by atoms with Crippen molar-refractivity contribution >= 4 is 23.3 Å². The second kappa shape index (κ2) is 8.72. The molecule has 0 unspecified atom stereocenters. The van der Waals surface area contributed by atoms with Crippen molar-refractivity contribution < 1.29 is 23.5 Å². The van der Waals surface area contributed by atoms with Crippen molar-refractivity contribution in [2.45, 2.75) is 6.92 Å². The maximum atomic E-state index is 14.4. The number of carbonyl (C=O) groups excluding carboxylic acids is 3. The summed E-state index contributed by atoms with van der Waals surface area (Å²) in [5, 5.41) is 0. The van der Waals surface area contributed by atoms with Gasteiger partial charge in [-0.1, -0.05) is 0 Å². The molecule has 0 radical (unpaired) electrons. The second-order valence-electron chi connectivity index (χ2n) is 6.78. The van der Waals surface area contributed by atoms with Gasteiger partial charge in [-0.25, -0.2) is 4.39 Å². The zero-order chi connectivity index (χ0) is 21.0. The summed E-state index contributed by atoms with van der Waals surface area (Å²) >= 11 is 0. The van der Waals surface area contributed by atoms with Crippen LogP contribution in [0.25, 0.3) is 0 Å². The first-order chi connectivity index (χ1) is 13.8. The predicted octanol–water partition coefficient (Wildman–Crippen LogP) is 1.85. The van der Waals surface area contributed by atoms with Crippen LogP contribution in [0.15, 0.2) is 42.5 Å². The molecule has 7 nitrogen and oxygen atoms in total. The number of ketones is 1. The Morgan fingerprint density at radius 3 is 2.17 bits per heavy atom. The molecule has 0 aromatic heterocycles. The lowest BCUT2D eigenvalue weighted by atomic mass is 10.1.